The van der Waals surface area contributed by atoms with Crippen molar-refractivity contribution in [2.24, 2.45) is 0 Å². The highest BCUT2D eigenvalue weighted by atomic mass is 35.5. The molecule has 0 spiro atoms. The van der Waals surface area contributed by atoms with Crippen LogP contribution in [-0.4, -0.2) is 14.1 Å². The molecule has 0 aliphatic carbocycles. The van der Waals surface area contributed by atoms with Gasteiger partial charge in [0.2, 0.25) is 0 Å². The lowest BCUT2D eigenvalue weighted by Crippen LogP contribution is -1.96. The van der Waals surface area contributed by atoms with Gasteiger partial charge in [0.05, 0.1) is 16.4 Å². The molecular weight excluding hydrogens is 160 g/mol. The molecule has 0 saturated carbocycles. The lowest BCUT2D eigenvalue weighted by atomic mass is 10.2. The van der Waals surface area contributed by atoms with E-state index >= 15 is 0 Å². The average Bonchev–Trinajstić information content (AvgIpc) is 2.04. The van der Waals surface area contributed by atoms with Crippen LogP contribution in [0, 0.1) is 0 Å². The Balaban J connectivity index is 3.13. The zero-order valence-corrected chi connectivity index (χ0v) is 7.37. The fourth-order valence-corrected chi connectivity index (χ4v) is 1.26. The fourth-order valence-electron chi connectivity index (χ4n) is 0.987. The van der Waals surface area contributed by atoms with E-state index in [1.165, 1.54) is 0 Å². The largest absolute Gasteiger partial charge is 0.386 e. The monoisotopic (exact) mass is 170 g/mol. The summed E-state index contributed by atoms with van der Waals surface area (Å²) in [5, 5.41) is 6.80. The maximum absolute atomic E-state index is 5.91. The van der Waals surface area contributed by atoms with Crippen molar-refractivity contribution in [2.75, 3.05) is 24.7 Å². The van der Waals surface area contributed by atoms with Crippen molar-refractivity contribution in [3.63, 3.8) is 0 Å². The number of benzene rings is 1. The molecule has 0 heterocycles. The van der Waals surface area contributed by atoms with Crippen molar-refractivity contribution in [2.45, 2.75) is 0 Å². The number of nitrogens with one attached hydrogen (secondary N) is 2. The van der Waals surface area contributed by atoms with Gasteiger partial charge in [0, 0.05) is 14.1 Å². The van der Waals surface area contributed by atoms with Crippen LogP contribution in [0.5, 0.6) is 0 Å². The lowest BCUT2D eigenvalue weighted by molar-refractivity contribution is 1.45. The molecule has 2 N–H and O–H groups in total. The molecule has 0 radical (unpaired) electrons. The van der Waals surface area contributed by atoms with Crippen molar-refractivity contribution in [3.8, 4) is 0 Å². The summed E-state index contributed by atoms with van der Waals surface area (Å²) in [4.78, 5) is 0. The quantitative estimate of drug-likeness (QED) is 0.713. The first-order valence-corrected chi connectivity index (χ1v) is 3.81. The van der Waals surface area contributed by atoms with Crippen LogP contribution in [0.1, 0.15) is 0 Å². The third kappa shape index (κ3) is 1.57. The molecule has 0 aliphatic rings. The number of rotatable bonds is 2. The summed E-state index contributed by atoms with van der Waals surface area (Å²) < 4.78 is 0. The maximum atomic E-state index is 5.91. The summed E-state index contributed by atoms with van der Waals surface area (Å²) >= 11 is 5.91. The van der Waals surface area contributed by atoms with Crippen LogP contribution >= 0.6 is 11.6 Å². The SMILES string of the molecule is CNc1cccc(Cl)c1NC. The van der Waals surface area contributed by atoms with E-state index < -0.39 is 0 Å². The van der Waals surface area contributed by atoms with Crippen molar-refractivity contribution < 1.29 is 0 Å². The second-order valence-electron chi connectivity index (χ2n) is 2.16. The predicted molar refractivity (Wildman–Crippen MR) is 50.5 cm³/mol. The van der Waals surface area contributed by atoms with E-state index in [9.17, 15) is 0 Å². The Bertz CT molecular complexity index is 248. The Morgan fingerprint density at radius 2 is 1.91 bits per heavy atom. The zero-order valence-electron chi connectivity index (χ0n) is 6.61. The number of halogens is 1. The van der Waals surface area contributed by atoms with E-state index in [0.717, 1.165) is 16.4 Å². The van der Waals surface area contributed by atoms with E-state index in [2.05, 4.69) is 10.6 Å². The Hall–Kier alpha value is -0.890. The normalized spacial score (nSPS) is 9.36. The van der Waals surface area contributed by atoms with E-state index in [1.54, 1.807) is 0 Å². The van der Waals surface area contributed by atoms with Crippen LogP contribution in [-0.2, 0) is 0 Å². The topological polar surface area (TPSA) is 24.1 Å². The third-order valence-electron chi connectivity index (χ3n) is 1.53. The standard InChI is InChI=1S/C8H11ClN2/c1-10-7-5-3-4-6(9)8(7)11-2/h3-5,10-11H,1-2H3. The van der Waals surface area contributed by atoms with Crippen molar-refractivity contribution in [1.29, 1.82) is 0 Å². The average molecular weight is 171 g/mol. The Morgan fingerprint density at radius 1 is 1.18 bits per heavy atom. The Morgan fingerprint density at radius 3 is 2.36 bits per heavy atom. The molecule has 0 aliphatic heterocycles. The van der Waals surface area contributed by atoms with Gasteiger partial charge in [-0.05, 0) is 12.1 Å². The highest BCUT2D eigenvalue weighted by Gasteiger charge is 2.01. The summed E-state index contributed by atoms with van der Waals surface area (Å²) in [6, 6.07) is 5.74. The molecule has 0 atom stereocenters. The molecule has 1 aromatic rings. The van der Waals surface area contributed by atoms with Gasteiger partial charge in [-0.3, -0.25) is 0 Å². The smallest absolute Gasteiger partial charge is 0.0762 e. The van der Waals surface area contributed by atoms with Crippen LogP contribution in [0.3, 0.4) is 0 Å². The van der Waals surface area contributed by atoms with Gasteiger partial charge in [-0.2, -0.15) is 0 Å². The molecule has 0 saturated heterocycles. The molecule has 3 heteroatoms. The molecule has 0 unspecified atom stereocenters. The number of hydrogen-bond acceptors (Lipinski definition) is 2. The van der Waals surface area contributed by atoms with Crippen molar-refractivity contribution in [1.82, 2.24) is 0 Å². The minimum atomic E-state index is 0.736. The van der Waals surface area contributed by atoms with Crippen LogP contribution < -0.4 is 10.6 Å². The van der Waals surface area contributed by atoms with Crippen molar-refractivity contribution in [3.05, 3.63) is 23.2 Å². The van der Waals surface area contributed by atoms with Crippen molar-refractivity contribution >= 4 is 23.0 Å². The molecule has 60 valence electrons. The molecule has 11 heavy (non-hydrogen) atoms. The second kappa shape index (κ2) is 3.49. The van der Waals surface area contributed by atoms with E-state index in [-0.39, 0.29) is 0 Å². The molecular formula is C8H11ClN2. The first-order valence-electron chi connectivity index (χ1n) is 3.43. The summed E-state index contributed by atoms with van der Waals surface area (Å²) in [7, 11) is 3.72. The highest BCUT2D eigenvalue weighted by molar-refractivity contribution is 6.33. The van der Waals surface area contributed by atoms with Crippen LogP contribution in [0.15, 0.2) is 18.2 Å². The van der Waals surface area contributed by atoms with Gasteiger partial charge in [0.25, 0.3) is 0 Å². The first kappa shape index (κ1) is 8.21. The molecule has 0 bridgehead atoms. The minimum Gasteiger partial charge on any atom is -0.386 e. The van der Waals surface area contributed by atoms with E-state index in [1.807, 2.05) is 32.3 Å². The van der Waals surface area contributed by atoms with Crippen LogP contribution in [0.25, 0.3) is 0 Å². The molecule has 2 nitrogen and oxygen atoms in total. The van der Waals surface area contributed by atoms with Crippen LogP contribution in [0.4, 0.5) is 11.4 Å². The third-order valence-corrected chi connectivity index (χ3v) is 1.85. The predicted octanol–water partition coefficient (Wildman–Crippen LogP) is 2.42. The minimum absolute atomic E-state index is 0.736. The molecule has 0 fully saturated rings. The molecule has 1 aromatic carbocycles. The molecule has 1 rings (SSSR count). The fraction of sp³-hybridized carbons (Fsp3) is 0.250. The van der Waals surface area contributed by atoms with Gasteiger partial charge < -0.3 is 10.6 Å². The number of para-hydroxylation sites is 1. The van der Waals surface area contributed by atoms with E-state index in [0.29, 0.717) is 0 Å². The van der Waals surface area contributed by atoms with Gasteiger partial charge in [0.15, 0.2) is 0 Å². The van der Waals surface area contributed by atoms with Crippen LogP contribution in [0.2, 0.25) is 5.02 Å². The lowest BCUT2D eigenvalue weighted by Gasteiger charge is -2.09. The molecule has 0 aromatic heterocycles. The summed E-state index contributed by atoms with van der Waals surface area (Å²) in [6.07, 6.45) is 0. The summed E-state index contributed by atoms with van der Waals surface area (Å²) in [5.74, 6) is 0. The summed E-state index contributed by atoms with van der Waals surface area (Å²) in [5.41, 5.74) is 1.96. The number of anilines is 2. The number of hydrogen-bond donors (Lipinski definition) is 2. The van der Waals surface area contributed by atoms with Gasteiger partial charge in [-0.15, -0.1) is 0 Å². The maximum Gasteiger partial charge on any atom is 0.0762 e. The van der Waals surface area contributed by atoms with Gasteiger partial charge in [0.1, 0.15) is 0 Å². The summed E-state index contributed by atoms with van der Waals surface area (Å²) in [6.45, 7) is 0. The van der Waals surface area contributed by atoms with Gasteiger partial charge in [-0.25, -0.2) is 0 Å². The second-order valence-corrected chi connectivity index (χ2v) is 2.57. The van der Waals surface area contributed by atoms with Gasteiger partial charge >= 0.3 is 0 Å². The van der Waals surface area contributed by atoms with Gasteiger partial charge in [-0.1, -0.05) is 17.7 Å². The first-order chi connectivity index (χ1) is 5.29. The molecule has 0 amide bonds. The van der Waals surface area contributed by atoms with E-state index in [4.69, 9.17) is 11.6 Å². The Labute approximate surface area is 71.6 Å². The Kier molecular flexibility index (Phi) is 2.60. The highest BCUT2D eigenvalue weighted by Crippen LogP contribution is 2.28. The zero-order chi connectivity index (χ0) is 8.27.